The van der Waals surface area contributed by atoms with Crippen molar-refractivity contribution in [3.63, 3.8) is 0 Å². The van der Waals surface area contributed by atoms with Crippen molar-refractivity contribution >= 4 is 21.6 Å². The molecule has 0 aliphatic heterocycles. The first kappa shape index (κ1) is 14.7. The molecule has 0 aliphatic rings. The number of hydrogen-bond acceptors (Lipinski definition) is 6. The molecular formula is C10H12ClN5O3S. The number of methoxy groups -OCH3 is 1. The highest BCUT2D eigenvalue weighted by molar-refractivity contribution is 7.89. The summed E-state index contributed by atoms with van der Waals surface area (Å²) in [4.78, 5) is 0.0661. The molecule has 0 radical (unpaired) electrons. The van der Waals surface area contributed by atoms with Crippen molar-refractivity contribution in [2.45, 2.75) is 11.3 Å². The lowest BCUT2D eigenvalue weighted by atomic mass is 10.3. The van der Waals surface area contributed by atoms with Crippen LogP contribution in [0, 0.1) is 0 Å². The van der Waals surface area contributed by atoms with Gasteiger partial charge in [0, 0.05) is 13.0 Å². The summed E-state index contributed by atoms with van der Waals surface area (Å²) in [6.07, 6.45) is 0.333. The fourth-order valence-corrected chi connectivity index (χ4v) is 2.86. The minimum atomic E-state index is -3.64. The Morgan fingerprint density at radius 2 is 2.25 bits per heavy atom. The molecule has 2 N–H and O–H groups in total. The van der Waals surface area contributed by atoms with E-state index in [4.69, 9.17) is 16.3 Å². The Labute approximate surface area is 120 Å². The van der Waals surface area contributed by atoms with E-state index >= 15 is 0 Å². The van der Waals surface area contributed by atoms with Crippen LogP contribution in [0.2, 0.25) is 5.02 Å². The molecule has 1 aromatic heterocycles. The van der Waals surface area contributed by atoms with Gasteiger partial charge in [0.1, 0.15) is 5.75 Å². The summed E-state index contributed by atoms with van der Waals surface area (Å²) in [6, 6.07) is 4.24. The SMILES string of the molecule is COc1ccc(S(=O)(=O)NCCc2nn[nH]n2)cc1Cl. The number of ether oxygens (including phenoxy) is 1. The van der Waals surface area contributed by atoms with Gasteiger partial charge in [-0.15, -0.1) is 10.2 Å². The van der Waals surface area contributed by atoms with Gasteiger partial charge in [-0.25, -0.2) is 13.1 Å². The van der Waals surface area contributed by atoms with E-state index < -0.39 is 10.0 Å². The monoisotopic (exact) mass is 317 g/mol. The molecule has 0 atom stereocenters. The van der Waals surface area contributed by atoms with Gasteiger partial charge >= 0.3 is 0 Å². The van der Waals surface area contributed by atoms with E-state index in [-0.39, 0.29) is 16.5 Å². The second-order valence-corrected chi connectivity index (χ2v) is 5.95. The zero-order chi connectivity index (χ0) is 14.6. The summed E-state index contributed by atoms with van der Waals surface area (Å²) >= 11 is 5.90. The normalized spacial score (nSPS) is 11.5. The van der Waals surface area contributed by atoms with Crippen LogP contribution in [0.4, 0.5) is 0 Å². The number of benzene rings is 1. The first-order valence-corrected chi connectivity index (χ1v) is 7.44. The summed E-state index contributed by atoms with van der Waals surface area (Å²) in [5, 5.41) is 13.4. The largest absolute Gasteiger partial charge is 0.495 e. The highest BCUT2D eigenvalue weighted by Gasteiger charge is 2.15. The van der Waals surface area contributed by atoms with Crippen molar-refractivity contribution in [2.75, 3.05) is 13.7 Å². The number of aromatic nitrogens is 4. The molecule has 2 rings (SSSR count). The van der Waals surface area contributed by atoms with E-state index in [0.717, 1.165) is 0 Å². The van der Waals surface area contributed by atoms with Gasteiger partial charge in [0.05, 0.1) is 17.0 Å². The maximum Gasteiger partial charge on any atom is 0.240 e. The third-order valence-corrected chi connectivity index (χ3v) is 4.22. The molecule has 2 aromatic rings. The summed E-state index contributed by atoms with van der Waals surface area (Å²) in [5.41, 5.74) is 0. The van der Waals surface area contributed by atoms with Crippen LogP contribution in [0.5, 0.6) is 5.75 Å². The topological polar surface area (TPSA) is 110 Å². The zero-order valence-electron chi connectivity index (χ0n) is 10.5. The van der Waals surface area contributed by atoms with E-state index in [1.54, 1.807) is 0 Å². The maximum absolute atomic E-state index is 12.0. The predicted molar refractivity (Wildman–Crippen MR) is 71.1 cm³/mol. The first-order chi connectivity index (χ1) is 9.53. The van der Waals surface area contributed by atoms with E-state index in [0.29, 0.717) is 18.0 Å². The van der Waals surface area contributed by atoms with Gasteiger partial charge in [-0.1, -0.05) is 16.8 Å². The number of tetrazole rings is 1. The fraction of sp³-hybridized carbons (Fsp3) is 0.300. The number of nitrogens with one attached hydrogen (secondary N) is 2. The molecule has 10 heteroatoms. The van der Waals surface area contributed by atoms with Gasteiger partial charge < -0.3 is 4.74 Å². The van der Waals surface area contributed by atoms with Gasteiger partial charge in [0.2, 0.25) is 10.0 Å². The Hall–Kier alpha value is -1.71. The van der Waals surface area contributed by atoms with Crippen LogP contribution in [0.15, 0.2) is 23.1 Å². The Balaban J connectivity index is 2.04. The minimum absolute atomic E-state index is 0.0661. The van der Waals surface area contributed by atoms with Crippen LogP contribution in [-0.4, -0.2) is 42.7 Å². The molecule has 0 fully saturated rings. The number of nitrogens with zero attached hydrogens (tertiary/aromatic N) is 3. The van der Waals surface area contributed by atoms with Crippen LogP contribution >= 0.6 is 11.6 Å². The Kier molecular flexibility index (Phi) is 4.53. The van der Waals surface area contributed by atoms with E-state index in [2.05, 4.69) is 25.3 Å². The molecule has 20 heavy (non-hydrogen) atoms. The van der Waals surface area contributed by atoms with E-state index in [1.165, 1.54) is 25.3 Å². The second-order valence-electron chi connectivity index (χ2n) is 3.77. The molecule has 0 saturated heterocycles. The molecule has 0 bridgehead atoms. The van der Waals surface area contributed by atoms with Gasteiger partial charge in [-0.2, -0.15) is 5.21 Å². The number of H-pyrrole nitrogens is 1. The Morgan fingerprint density at radius 1 is 1.45 bits per heavy atom. The minimum Gasteiger partial charge on any atom is -0.495 e. The van der Waals surface area contributed by atoms with E-state index in [9.17, 15) is 8.42 Å². The van der Waals surface area contributed by atoms with Gasteiger partial charge in [0.25, 0.3) is 0 Å². The van der Waals surface area contributed by atoms with Crippen LogP contribution in [0.25, 0.3) is 0 Å². The van der Waals surface area contributed by atoms with Crippen molar-refractivity contribution in [2.24, 2.45) is 0 Å². The van der Waals surface area contributed by atoms with Gasteiger partial charge in [-0.3, -0.25) is 0 Å². The van der Waals surface area contributed by atoms with Crippen molar-refractivity contribution in [1.29, 1.82) is 0 Å². The molecule has 108 valence electrons. The average molecular weight is 318 g/mol. The van der Waals surface area contributed by atoms with Crippen LogP contribution in [-0.2, 0) is 16.4 Å². The number of halogens is 1. The fourth-order valence-electron chi connectivity index (χ4n) is 1.48. The molecule has 1 aromatic carbocycles. The summed E-state index contributed by atoms with van der Waals surface area (Å²) in [6.45, 7) is 0.158. The van der Waals surface area contributed by atoms with Crippen LogP contribution < -0.4 is 9.46 Å². The average Bonchev–Trinajstić information content (AvgIpc) is 2.91. The number of sulfonamides is 1. The highest BCUT2D eigenvalue weighted by atomic mass is 35.5. The lowest BCUT2D eigenvalue weighted by Crippen LogP contribution is -2.26. The lowest BCUT2D eigenvalue weighted by Gasteiger charge is -2.08. The lowest BCUT2D eigenvalue weighted by molar-refractivity contribution is 0.414. The molecule has 0 unspecified atom stereocenters. The van der Waals surface area contributed by atoms with Crippen molar-refractivity contribution in [3.05, 3.63) is 29.0 Å². The third-order valence-electron chi connectivity index (χ3n) is 2.46. The maximum atomic E-state index is 12.0. The summed E-state index contributed by atoms with van der Waals surface area (Å²) in [7, 11) is -2.18. The molecule has 0 amide bonds. The third kappa shape index (κ3) is 3.44. The number of aromatic amines is 1. The standard InChI is InChI=1S/C10H12ClN5O3S/c1-19-9-3-2-7(6-8(9)11)20(17,18)12-5-4-10-13-15-16-14-10/h2-3,6,12H,4-5H2,1H3,(H,13,14,15,16). The molecule has 8 nitrogen and oxygen atoms in total. The van der Waals surface area contributed by atoms with Crippen LogP contribution in [0.1, 0.15) is 5.82 Å². The second kappa shape index (κ2) is 6.16. The smallest absolute Gasteiger partial charge is 0.240 e. The number of rotatable bonds is 6. The van der Waals surface area contributed by atoms with Gasteiger partial charge in [0.15, 0.2) is 5.82 Å². The molecule has 1 heterocycles. The quantitative estimate of drug-likeness (QED) is 0.797. The highest BCUT2D eigenvalue weighted by Crippen LogP contribution is 2.26. The van der Waals surface area contributed by atoms with E-state index in [1.807, 2.05) is 0 Å². The molecule has 0 saturated carbocycles. The zero-order valence-corrected chi connectivity index (χ0v) is 12.1. The van der Waals surface area contributed by atoms with Crippen LogP contribution in [0.3, 0.4) is 0 Å². The predicted octanol–water partition coefficient (Wildman–Crippen LogP) is 0.383. The summed E-state index contributed by atoms with van der Waals surface area (Å²) < 4.78 is 31.5. The molecular weight excluding hydrogens is 306 g/mol. The van der Waals surface area contributed by atoms with Crippen molar-refractivity contribution < 1.29 is 13.2 Å². The van der Waals surface area contributed by atoms with Crippen molar-refractivity contribution in [1.82, 2.24) is 25.3 Å². The van der Waals surface area contributed by atoms with Gasteiger partial charge in [-0.05, 0) is 18.2 Å². The Bertz CT molecular complexity index is 674. The Morgan fingerprint density at radius 3 is 2.85 bits per heavy atom. The van der Waals surface area contributed by atoms with Crippen molar-refractivity contribution in [3.8, 4) is 5.75 Å². The first-order valence-electron chi connectivity index (χ1n) is 5.58. The summed E-state index contributed by atoms with van der Waals surface area (Å²) in [5.74, 6) is 0.845. The number of hydrogen-bond donors (Lipinski definition) is 2. The molecule has 0 aliphatic carbocycles. The molecule has 0 spiro atoms.